The van der Waals surface area contributed by atoms with Crippen molar-refractivity contribution in [2.75, 3.05) is 26.4 Å². The number of piperidine rings is 1. The van der Waals surface area contributed by atoms with Crippen LogP contribution in [0.25, 0.3) is 0 Å². The topological polar surface area (TPSA) is 82.1 Å². The molecule has 1 aromatic rings. The zero-order valence-electron chi connectivity index (χ0n) is 16.8. The molecule has 154 valence electrons. The maximum Gasteiger partial charge on any atom is 0.410 e. The van der Waals surface area contributed by atoms with Gasteiger partial charge in [-0.15, -0.1) is 0 Å². The van der Waals surface area contributed by atoms with E-state index in [0.29, 0.717) is 19.4 Å². The predicted molar refractivity (Wildman–Crippen MR) is 103 cm³/mol. The van der Waals surface area contributed by atoms with E-state index in [2.05, 4.69) is 0 Å². The Hall–Kier alpha value is -2.57. The first-order chi connectivity index (χ1) is 13.5. The molecule has 0 spiro atoms. The van der Waals surface area contributed by atoms with Gasteiger partial charge in [-0.3, -0.25) is 9.59 Å². The van der Waals surface area contributed by atoms with Crippen molar-refractivity contribution in [2.45, 2.75) is 46.1 Å². The van der Waals surface area contributed by atoms with Gasteiger partial charge < -0.3 is 19.1 Å². The van der Waals surface area contributed by atoms with E-state index in [4.69, 9.17) is 14.2 Å². The number of amides is 1. The third kappa shape index (κ3) is 4.46. The number of hydrogen-bond acceptors (Lipinski definition) is 6. The molecule has 0 radical (unpaired) electrons. The summed E-state index contributed by atoms with van der Waals surface area (Å²) < 4.78 is 15.8. The smallest absolute Gasteiger partial charge is 0.410 e. The van der Waals surface area contributed by atoms with Gasteiger partial charge in [-0.2, -0.15) is 0 Å². The van der Waals surface area contributed by atoms with E-state index in [1.54, 1.807) is 20.8 Å². The van der Waals surface area contributed by atoms with Crippen LogP contribution in [0, 0.1) is 5.41 Å². The highest BCUT2D eigenvalue weighted by atomic mass is 16.6. The van der Waals surface area contributed by atoms with E-state index in [1.807, 2.05) is 30.3 Å². The lowest BCUT2D eigenvalue weighted by molar-refractivity contribution is -0.181. The van der Waals surface area contributed by atoms with Crippen molar-refractivity contribution in [2.24, 2.45) is 5.41 Å². The fourth-order valence-corrected chi connectivity index (χ4v) is 3.74. The summed E-state index contributed by atoms with van der Waals surface area (Å²) in [6, 6.07) is 8.70. The van der Waals surface area contributed by atoms with Crippen LogP contribution in [0.5, 0.6) is 0 Å². The highest BCUT2D eigenvalue weighted by Gasteiger charge is 2.59. The predicted octanol–water partition coefficient (Wildman–Crippen LogP) is 2.96. The maximum absolute atomic E-state index is 13.1. The molecule has 1 aliphatic heterocycles. The van der Waals surface area contributed by atoms with Gasteiger partial charge >= 0.3 is 18.0 Å². The van der Waals surface area contributed by atoms with Gasteiger partial charge in [-0.05, 0) is 45.6 Å². The Morgan fingerprint density at radius 1 is 0.964 bits per heavy atom. The molecule has 1 unspecified atom stereocenters. The summed E-state index contributed by atoms with van der Waals surface area (Å²) in [6.45, 7) is 5.98. The fourth-order valence-electron chi connectivity index (χ4n) is 3.74. The number of rotatable bonds is 7. The van der Waals surface area contributed by atoms with Crippen molar-refractivity contribution < 1.29 is 28.6 Å². The highest BCUT2D eigenvalue weighted by molar-refractivity contribution is 6.01. The van der Waals surface area contributed by atoms with E-state index < -0.39 is 29.5 Å². The molecule has 7 nitrogen and oxygen atoms in total. The van der Waals surface area contributed by atoms with E-state index in [1.165, 1.54) is 4.90 Å². The molecular formula is C21H29NO6. The lowest BCUT2D eigenvalue weighted by Gasteiger charge is -2.45. The van der Waals surface area contributed by atoms with E-state index in [9.17, 15) is 14.4 Å². The van der Waals surface area contributed by atoms with Gasteiger partial charge in [0, 0.05) is 6.54 Å². The Kier molecular flexibility index (Phi) is 7.84. The van der Waals surface area contributed by atoms with Crippen LogP contribution in [0.1, 0.15) is 39.2 Å². The summed E-state index contributed by atoms with van der Waals surface area (Å²) >= 11 is 0. The quantitative estimate of drug-likeness (QED) is 0.404. The zero-order valence-corrected chi connectivity index (χ0v) is 16.8. The number of hydrogen-bond donors (Lipinski definition) is 0. The molecule has 2 rings (SSSR count). The SMILES string of the molecule is CCOC(=O)N1CCCC(C(=O)OCC)(C(=O)OCC)C1Cc1ccccc1. The summed E-state index contributed by atoms with van der Waals surface area (Å²) in [4.78, 5) is 40.2. The van der Waals surface area contributed by atoms with Gasteiger partial charge in [0.05, 0.1) is 25.9 Å². The van der Waals surface area contributed by atoms with Gasteiger partial charge in [0.25, 0.3) is 0 Å². The van der Waals surface area contributed by atoms with Crippen LogP contribution in [-0.2, 0) is 30.2 Å². The summed E-state index contributed by atoms with van der Waals surface area (Å²) in [7, 11) is 0. The Labute approximate surface area is 165 Å². The van der Waals surface area contributed by atoms with Crippen LogP contribution in [0.15, 0.2) is 30.3 Å². The summed E-state index contributed by atoms with van der Waals surface area (Å²) in [5.74, 6) is -1.30. The van der Waals surface area contributed by atoms with Crippen LogP contribution >= 0.6 is 0 Å². The van der Waals surface area contributed by atoms with E-state index in [-0.39, 0.29) is 26.2 Å². The minimum Gasteiger partial charge on any atom is -0.465 e. The standard InChI is InChI=1S/C21H29NO6/c1-4-26-18(23)21(19(24)27-5-2)13-10-14-22(20(25)28-6-3)17(21)15-16-11-8-7-9-12-16/h7-9,11-12,17H,4-6,10,13-15H2,1-3H3. The number of carbonyl (C=O) groups is 3. The Morgan fingerprint density at radius 2 is 1.54 bits per heavy atom. The van der Waals surface area contributed by atoms with Crippen molar-refractivity contribution in [3.63, 3.8) is 0 Å². The molecule has 0 saturated carbocycles. The molecule has 1 atom stereocenters. The second kappa shape index (κ2) is 10.1. The lowest BCUT2D eigenvalue weighted by atomic mass is 9.70. The monoisotopic (exact) mass is 391 g/mol. The van der Waals surface area contributed by atoms with Gasteiger partial charge in [0.2, 0.25) is 0 Å². The minimum atomic E-state index is -1.58. The molecule has 0 aromatic heterocycles. The molecule has 1 heterocycles. The molecule has 7 heteroatoms. The van der Waals surface area contributed by atoms with Crippen LogP contribution in [0.4, 0.5) is 4.79 Å². The minimum absolute atomic E-state index is 0.136. The van der Waals surface area contributed by atoms with Crippen LogP contribution in [0.2, 0.25) is 0 Å². The second-order valence-electron chi connectivity index (χ2n) is 6.61. The number of esters is 2. The molecule has 0 bridgehead atoms. The number of carbonyl (C=O) groups excluding carboxylic acids is 3. The van der Waals surface area contributed by atoms with Crippen molar-refractivity contribution in [1.82, 2.24) is 4.90 Å². The molecule has 28 heavy (non-hydrogen) atoms. The molecule has 1 fully saturated rings. The van der Waals surface area contributed by atoms with Gasteiger partial charge in [0.1, 0.15) is 0 Å². The van der Waals surface area contributed by atoms with Crippen molar-refractivity contribution >= 4 is 18.0 Å². The van der Waals surface area contributed by atoms with E-state index >= 15 is 0 Å². The van der Waals surface area contributed by atoms with Crippen molar-refractivity contribution in [3.8, 4) is 0 Å². The average Bonchev–Trinajstić information content (AvgIpc) is 2.69. The molecule has 0 aliphatic carbocycles. The second-order valence-corrected chi connectivity index (χ2v) is 6.61. The van der Waals surface area contributed by atoms with Crippen molar-refractivity contribution in [3.05, 3.63) is 35.9 Å². The first-order valence-electron chi connectivity index (χ1n) is 9.82. The van der Waals surface area contributed by atoms with Crippen LogP contribution < -0.4 is 0 Å². The number of ether oxygens (including phenoxy) is 3. The average molecular weight is 391 g/mol. The van der Waals surface area contributed by atoms with Gasteiger partial charge in [-0.25, -0.2) is 4.79 Å². The van der Waals surface area contributed by atoms with Crippen molar-refractivity contribution in [1.29, 1.82) is 0 Å². The largest absolute Gasteiger partial charge is 0.465 e. The van der Waals surface area contributed by atoms with Crippen LogP contribution in [0.3, 0.4) is 0 Å². The molecule has 1 aliphatic rings. The van der Waals surface area contributed by atoms with E-state index in [0.717, 1.165) is 5.56 Å². The third-order valence-electron chi connectivity index (χ3n) is 4.97. The van der Waals surface area contributed by atoms with Gasteiger partial charge in [0.15, 0.2) is 5.41 Å². The Bertz CT molecular complexity index is 657. The Morgan fingerprint density at radius 3 is 2.07 bits per heavy atom. The summed E-state index contributed by atoms with van der Waals surface area (Å²) in [5, 5.41) is 0. The highest BCUT2D eigenvalue weighted by Crippen LogP contribution is 2.41. The maximum atomic E-state index is 13.1. The molecule has 0 N–H and O–H groups in total. The number of nitrogens with zero attached hydrogens (tertiary/aromatic N) is 1. The molecule has 1 saturated heterocycles. The Balaban J connectivity index is 2.53. The number of benzene rings is 1. The first-order valence-corrected chi connectivity index (χ1v) is 9.82. The van der Waals surface area contributed by atoms with Crippen LogP contribution in [-0.4, -0.2) is 55.3 Å². The molecule has 1 aromatic carbocycles. The fraction of sp³-hybridized carbons (Fsp3) is 0.571. The third-order valence-corrected chi connectivity index (χ3v) is 4.97. The molecule has 1 amide bonds. The van der Waals surface area contributed by atoms with Gasteiger partial charge in [-0.1, -0.05) is 30.3 Å². The summed E-state index contributed by atoms with van der Waals surface area (Å²) in [5.41, 5.74) is -0.672. The first kappa shape index (κ1) is 21.7. The lowest BCUT2D eigenvalue weighted by Crippen LogP contribution is -2.62. The number of likely N-dealkylation sites (tertiary alicyclic amines) is 1. The molecular weight excluding hydrogens is 362 g/mol. The summed E-state index contributed by atoms with van der Waals surface area (Å²) in [6.07, 6.45) is 0.512. The zero-order chi connectivity index (χ0) is 20.6. The normalized spacial score (nSPS) is 18.2.